The highest BCUT2D eigenvalue weighted by Gasteiger charge is 2.14. The van der Waals surface area contributed by atoms with Gasteiger partial charge in [-0.15, -0.1) is 0 Å². The fraction of sp³-hybridized carbons (Fsp3) is 0. The van der Waals surface area contributed by atoms with Crippen molar-refractivity contribution in [2.24, 2.45) is 0 Å². The van der Waals surface area contributed by atoms with Gasteiger partial charge in [-0.25, -0.2) is 0 Å². The van der Waals surface area contributed by atoms with E-state index >= 15 is 0 Å². The first-order chi connectivity index (χ1) is 12.1. The molecular formula is C20H12Cl2N2O. The summed E-state index contributed by atoms with van der Waals surface area (Å²) in [4.78, 5) is 13.0. The smallest absolute Gasteiger partial charge is 0.267 e. The van der Waals surface area contributed by atoms with Crippen molar-refractivity contribution >= 4 is 34.0 Å². The number of benzene rings is 3. The Morgan fingerprint density at radius 1 is 0.800 bits per heavy atom. The molecule has 0 N–H and O–H groups in total. The Balaban J connectivity index is 2.10. The number of hydrogen-bond acceptors (Lipinski definition) is 2. The molecule has 1 heterocycles. The Kier molecular flexibility index (Phi) is 4.04. The van der Waals surface area contributed by atoms with Gasteiger partial charge in [0.15, 0.2) is 0 Å². The van der Waals surface area contributed by atoms with E-state index in [9.17, 15) is 4.79 Å². The third kappa shape index (κ3) is 2.82. The zero-order valence-corrected chi connectivity index (χ0v) is 14.5. The molecule has 0 amide bonds. The monoisotopic (exact) mass is 366 g/mol. The van der Waals surface area contributed by atoms with E-state index in [2.05, 4.69) is 5.10 Å². The zero-order chi connectivity index (χ0) is 17.4. The van der Waals surface area contributed by atoms with Crippen LogP contribution in [0.25, 0.3) is 27.7 Å². The van der Waals surface area contributed by atoms with Crippen LogP contribution in [-0.4, -0.2) is 9.78 Å². The average Bonchev–Trinajstić information content (AvgIpc) is 2.64. The lowest BCUT2D eigenvalue weighted by atomic mass is 10.1. The Morgan fingerprint density at radius 3 is 2.20 bits per heavy atom. The van der Waals surface area contributed by atoms with Crippen LogP contribution in [0.5, 0.6) is 0 Å². The normalized spacial score (nSPS) is 11.0. The molecule has 0 aliphatic rings. The summed E-state index contributed by atoms with van der Waals surface area (Å²) in [6.45, 7) is 0. The molecule has 0 aliphatic carbocycles. The van der Waals surface area contributed by atoms with Crippen molar-refractivity contribution in [3.05, 3.63) is 93.2 Å². The van der Waals surface area contributed by atoms with Crippen LogP contribution in [-0.2, 0) is 0 Å². The third-order valence-corrected chi connectivity index (χ3v) is 4.53. The summed E-state index contributed by atoms with van der Waals surface area (Å²) in [6.07, 6.45) is 0. The summed E-state index contributed by atoms with van der Waals surface area (Å²) >= 11 is 12.3. The first-order valence-corrected chi connectivity index (χ1v) is 8.43. The standard InChI is InChI=1S/C20H12Cl2N2O/c21-14-10-11-18(17(22)12-14)24-20(25)16-9-5-4-8-15(16)19(23-24)13-6-2-1-3-7-13/h1-12H. The Hall–Kier alpha value is -2.62. The van der Waals surface area contributed by atoms with Crippen LogP contribution >= 0.6 is 23.2 Å². The summed E-state index contributed by atoms with van der Waals surface area (Å²) in [5, 5.41) is 6.88. The van der Waals surface area contributed by atoms with Crippen molar-refractivity contribution in [1.29, 1.82) is 0 Å². The second-order valence-corrected chi connectivity index (χ2v) is 6.42. The summed E-state index contributed by atoms with van der Waals surface area (Å²) < 4.78 is 1.34. The molecule has 25 heavy (non-hydrogen) atoms. The van der Waals surface area contributed by atoms with E-state index in [4.69, 9.17) is 23.2 Å². The van der Waals surface area contributed by atoms with Crippen LogP contribution in [0.15, 0.2) is 77.6 Å². The quantitative estimate of drug-likeness (QED) is 0.478. The van der Waals surface area contributed by atoms with Crippen LogP contribution in [0.2, 0.25) is 10.0 Å². The molecule has 0 radical (unpaired) electrons. The molecule has 0 atom stereocenters. The molecule has 0 saturated heterocycles. The number of hydrogen-bond donors (Lipinski definition) is 0. The van der Waals surface area contributed by atoms with Gasteiger partial charge in [-0.05, 0) is 24.3 Å². The van der Waals surface area contributed by atoms with Crippen molar-refractivity contribution in [2.45, 2.75) is 0 Å². The van der Waals surface area contributed by atoms with Crippen molar-refractivity contribution in [3.63, 3.8) is 0 Å². The molecule has 122 valence electrons. The van der Waals surface area contributed by atoms with E-state index in [-0.39, 0.29) is 5.56 Å². The maximum Gasteiger partial charge on any atom is 0.279 e. The highest BCUT2D eigenvalue weighted by atomic mass is 35.5. The van der Waals surface area contributed by atoms with Crippen LogP contribution in [0, 0.1) is 0 Å². The van der Waals surface area contributed by atoms with Gasteiger partial charge in [0.05, 0.1) is 21.8 Å². The molecule has 1 aromatic heterocycles. The first kappa shape index (κ1) is 15.9. The van der Waals surface area contributed by atoms with Crippen molar-refractivity contribution in [1.82, 2.24) is 9.78 Å². The first-order valence-electron chi connectivity index (χ1n) is 7.68. The van der Waals surface area contributed by atoms with Gasteiger partial charge in [-0.1, -0.05) is 71.7 Å². The lowest BCUT2D eigenvalue weighted by Crippen LogP contribution is -2.22. The summed E-state index contributed by atoms with van der Waals surface area (Å²) in [7, 11) is 0. The summed E-state index contributed by atoms with van der Waals surface area (Å²) in [6, 6.07) is 22.2. The fourth-order valence-electron chi connectivity index (χ4n) is 2.82. The average molecular weight is 367 g/mol. The highest BCUT2D eigenvalue weighted by Crippen LogP contribution is 2.27. The third-order valence-electron chi connectivity index (χ3n) is 3.99. The number of nitrogens with zero attached hydrogens (tertiary/aromatic N) is 2. The molecule has 3 aromatic carbocycles. The van der Waals surface area contributed by atoms with Gasteiger partial charge < -0.3 is 0 Å². The number of halogens is 2. The second kappa shape index (κ2) is 6.36. The lowest BCUT2D eigenvalue weighted by molar-refractivity contribution is 0.826. The maximum atomic E-state index is 13.0. The molecule has 4 rings (SSSR count). The maximum absolute atomic E-state index is 13.0. The fourth-order valence-corrected chi connectivity index (χ4v) is 3.30. The molecule has 4 aromatic rings. The van der Waals surface area contributed by atoms with Gasteiger partial charge in [0.25, 0.3) is 5.56 Å². The molecule has 0 spiro atoms. The van der Waals surface area contributed by atoms with E-state index in [0.717, 1.165) is 16.6 Å². The van der Waals surface area contributed by atoms with Gasteiger partial charge >= 0.3 is 0 Å². The number of fused-ring (bicyclic) bond motifs is 1. The topological polar surface area (TPSA) is 34.9 Å². The molecular weight excluding hydrogens is 355 g/mol. The molecule has 0 fully saturated rings. The van der Waals surface area contributed by atoms with E-state index in [1.807, 2.05) is 48.5 Å². The zero-order valence-electron chi connectivity index (χ0n) is 13.0. The minimum absolute atomic E-state index is 0.223. The molecule has 0 saturated carbocycles. The largest absolute Gasteiger partial charge is 0.279 e. The Morgan fingerprint density at radius 2 is 1.48 bits per heavy atom. The van der Waals surface area contributed by atoms with E-state index in [1.165, 1.54) is 4.68 Å². The predicted molar refractivity (Wildman–Crippen MR) is 103 cm³/mol. The van der Waals surface area contributed by atoms with Gasteiger partial charge in [0.2, 0.25) is 0 Å². The predicted octanol–water partition coefficient (Wildman–Crippen LogP) is 5.36. The Bertz CT molecular complexity index is 1140. The van der Waals surface area contributed by atoms with Crippen molar-refractivity contribution < 1.29 is 0 Å². The van der Waals surface area contributed by atoms with Crippen LogP contribution in [0.1, 0.15) is 0 Å². The second-order valence-electron chi connectivity index (χ2n) is 5.57. The van der Waals surface area contributed by atoms with Crippen LogP contribution in [0.4, 0.5) is 0 Å². The SMILES string of the molecule is O=c1c2ccccc2c(-c2ccccc2)nn1-c1ccc(Cl)cc1Cl. The van der Waals surface area contributed by atoms with Gasteiger partial charge in [-0.2, -0.15) is 9.78 Å². The van der Waals surface area contributed by atoms with E-state index in [0.29, 0.717) is 21.1 Å². The molecule has 0 aliphatic heterocycles. The molecule has 0 unspecified atom stereocenters. The van der Waals surface area contributed by atoms with Crippen molar-refractivity contribution in [3.8, 4) is 16.9 Å². The minimum Gasteiger partial charge on any atom is -0.267 e. The van der Waals surface area contributed by atoms with Crippen molar-refractivity contribution in [2.75, 3.05) is 0 Å². The lowest BCUT2D eigenvalue weighted by Gasteiger charge is -2.12. The summed E-state index contributed by atoms with van der Waals surface area (Å²) in [5.74, 6) is 0. The number of rotatable bonds is 2. The molecule has 0 bridgehead atoms. The minimum atomic E-state index is -0.223. The highest BCUT2D eigenvalue weighted by molar-refractivity contribution is 6.35. The van der Waals surface area contributed by atoms with Gasteiger partial charge in [0.1, 0.15) is 0 Å². The van der Waals surface area contributed by atoms with Crippen LogP contribution < -0.4 is 5.56 Å². The Labute approximate surface area is 154 Å². The van der Waals surface area contributed by atoms with Gasteiger partial charge in [0, 0.05) is 16.0 Å². The molecule has 5 heteroatoms. The van der Waals surface area contributed by atoms with E-state index in [1.54, 1.807) is 24.3 Å². The van der Waals surface area contributed by atoms with E-state index < -0.39 is 0 Å². The summed E-state index contributed by atoms with van der Waals surface area (Å²) in [5.41, 5.74) is 1.93. The van der Waals surface area contributed by atoms with Gasteiger partial charge in [-0.3, -0.25) is 4.79 Å². The van der Waals surface area contributed by atoms with Crippen LogP contribution in [0.3, 0.4) is 0 Å². The molecule has 3 nitrogen and oxygen atoms in total. The number of aromatic nitrogens is 2.